The molecule has 0 rings (SSSR count). The van der Waals surface area contributed by atoms with Crippen LogP contribution in [-0.4, -0.2) is 33.4 Å². The van der Waals surface area contributed by atoms with Crippen molar-refractivity contribution in [2.75, 3.05) is 11.5 Å². The summed E-state index contributed by atoms with van der Waals surface area (Å²) in [5.41, 5.74) is 10.2. The minimum Gasteiger partial charge on any atom is -0.370 e. The molecule has 2 unspecified atom stereocenters. The molecule has 0 fully saturated rings. The summed E-state index contributed by atoms with van der Waals surface area (Å²) >= 11 is 0. The van der Waals surface area contributed by atoms with Crippen LogP contribution in [0, 0.1) is 0 Å². The molecule has 6 heteroatoms. The molecule has 0 spiro atoms. The monoisotopic (exact) mass is 266 g/mol. The van der Waals surface area contributed by atoms with E-state index in [0.717, 1.165) is 0 Å². The highest BCUT2D eigenvalue weighted by Crippen LogP contribution is 1.91. The van der Waals surface area contributed by atoms with Gasteiger partial charge in [0.25, 0.3) is 0 Å². The van der Waals surface area contributed by atoms with Gasteiger partial charge in [0, 0.05) is 28.7 Å². The van der Waals surface area contributed by atoms with Gasteiger partial charge in [-0.05, 0) is 6.92 Å². The summed E-state index contributed by atoms with van der Waals surface area (Å²) in [6, 6.07) is -0.700. The number of carbonyl (C=O) groups excluding carboxylic acids is 2. The summed E-state index contributed by atoms with van der Waals surface area (Å²) in [6.07, 6.45) is 0.0667. The van der Waals surface area contributed by atoms with Crippen molar-refractivity contribution in [2.24, 2.45) is 11.5 Å². The van der Waals surface area contributed by atoms with Crippen LogP contribution < -0.4 is 11.5 Å². The van der Waals surface area contributed by atoms with E-state index in [0.29, 0.717) is 0 Å². The van der Waals surface area contributed by atoms with Crippen molar-refractivity contribution >= 4 is 22.5 Å². The van der Waals surface area contributed by atoms with E-state index < -0.39 is 22.7 Å². The lowest BCUT2D eigenvalue weighted by molar-refractivity contribution is -0.118. The van der Waals surface area contributed by atoms with Gasteiger partial charge in [-0.2, -0.15) is 0 Å². The molecule has 1 amide bonds. The zero-order valence-corrected chi connectivity index (χ0v) is 12.3. The molecule has 0 aliphatic heterocycles. The van der Waals surface area contributed by atoms with Crippen LogP contribution in [0.15, 0.2) is 0 Å². The van der Waals surface area contributed by atoms with Crippen LogP contribution >= 0.6 is 0 Å². The Morgan fingerprint density at radius 3 is 1.88 bits per heavy atom. The van der Waals surface area contributed by atoms with E-state index in [9.17, 15) is 13.8 Å². The Labute approximate surface area is 107 Å². The largest absolute Gasteiger partial charge is 0.370 e. The van der Waals surface area contributed by atoms with Crippen molar-refractivity contribution in [1.29, 1.82) is 0 Å². The standard InChI is InChI=1S/C7H14N2O3S.2C2H6/c1-5(10)6(8)4-13(12)3-2-7(9)11;2*1-2/h6H,2-4,8H2,1H3,(H2,9,11);2*1-2H3. The topological polar surface area (TPSA) is 103 Å². The van der Waals surface area contributed by atoms with Crippen molar-refractivity contribution in [3.8, 4) is 0 Å². The molecule has 2 atom stereocenters. The molecule has 0 bridgehead atoms. The fourth-order valence-electron chi connectivity index (χ4n) is 0.615. The molecule has 0 heterocycles. The van der Waals surface area contributed by atoms with Crippen molar-refractivity contribution < 1.29 is 13.8 Å². The van der Waals surface area contributed by atoms with E-state index in [1.165, 1.54) is 6.92 Å². The van der Waals surface area contributed by atoms with Gasteiger partial charge < -0.3 is 11.5 Å². The van der Waals surface area contributed by atoms with Gasteiger partial charge in [-0.15, -0.1) is 0 Å². The molecule has 5 nitrogen and oxygen atoms in total. The molecular formula is C11H26N2O3S. The van der Waals surface area contributed by atoms with Crippen LogP contribution in [0.5, 0.6) is 0 Å². The average Bonchev–Trinajstić information content (AvgIpc) is 2.31. The van der Waals surface area contributed by atoms with Gasteiger partial charge in [0.1, 0.15) is 5.78 Å². The van der Waals surface area contributed by atoms with Gasteiger partial charge >= 0.3 is 0 Å². The molecular weight excluding hydrogens is 240 g/mol. The van der Waals surface area contributed by atoms with Gasteiger partial charge in [-0.1, -0.05) is 27.7 Å². The second kappa shape index (κ2) is 15.2. The summed E-state index contributed by atoms with van der Waals surface area (Å²) in [7, 11) is -1.24. The minimum absolute atomic E-state index is 0.0667. The van der Waals surface area contributed by atoms with E-state index >= 15 is 0 Å². The number of hydrogen-bond acceptors (Lipinski definition) is 4. The molecule has 0 aromatic rings. The van der Waals surface area contributed by atoms with E-state index in [2.05, 4.69) is 0 Å². The quantitative estimate of drug-likeness (QED) is 0.733. The maximum Gasteiger partial charge on any atom is 0.218 e. The smallest absolute Gasteiger partial charge is 0.218 e. The van der Waals surface area contributed by atoms with E-state index in [1.54, 1.807) is 0 Å². The number of rotatable bonds is 6. The number of primary amides is 1. The Hall–Kier alpha value is -0.750. The Morgan fingerprint density at radius 2 is 1.59 bits per heavy atom. The Balaban J connectivity index is -0.000000439. The van der Waals surface area contributed by atoms with Crippen LogP contribution in [-0.2, 0) is 20.4 Å². The maximum absolute atomic E-state index is 11.1. The third-order valence-corrected chi connectivity index (χ3v) is 2.85. The first-order valence-corrected chi connectivity index (χ1v) is 7.31. The molecule has 0 saturated carbocycles. The third-order valence-electron chi connectivity index (χ3n) is 1.46. The predicted molar refractivity (Wildman–Crippen MR) is 73.0 cm³/mol. The van der Waals surface area contributed by atoms with Gasteiger partial charge in [-0.25, -0.2) is 0 Å². The molecule has 4 N–H and O–H groups in total. The first kappa shape index (κ1) is 21.5. The summed E-state index contributed by atoms with van der Waals surface area (Å²) < 4.78 is 11.1. The van der Waals surface area contributed by atoms with Gasteiger partial charge in [0.05, 0.1) is 6.04 Å². The van der Waals surface area contributed by atoms with Crippen LogP contribution in [0.1, 0.15) is 41.0 Å². The number of Topliss-reactive ketones (excluding diaryl/α,β-unsaturated/α-hetero) is 1. The fraction of sp³-hybridized carbons (Fsp3) is 0.818. The lowest BCUT2D eigenvalue weighted by Gasteiger charge is -2.06. The number of amides is 1. The predicted octanol–water partition coefficient (Wildman–Crippen LogP) is 0.579. The Kier molecular flexibility index (Phi) is 19.3. The maximum atomic E-state index is 11.1. The summed E-state index contributed by atoms with van der Waals surface area (Å²) in [5, 5.41) is 0. The van der Waals surface area contributed by atoms with E-state index in [4.69, 9.17) is 11.5 Å². The van der Waals surface area contributed by atoms with Gasteiger partial charge in [0.15, 0.2) is 0 Å². The highest BCUT2D eigenvalue weighted by Gasteiger charge is 2.12. The Morgan fingerprint density at radius 1 is 1.18 bits per heavy atom. The zero-order valence-electron chi connectivity index (χ0n) is 11.5. The Bertz CT molecular complexity index is 233. The van der Waals surface area contributed by atoms with Crippen LogP contribution in [0.3, 0.4) is 0 Å². The van der Waals surface area contributed by atoms with E-state index in [-0.39, 0.29) is 23.7 Å². The number of ketones is 1. The molecule has 0 radical (unpaired) electrons. The number of carbonyl (C=O) groups is 2. The lowest BCUT2D eigenvalue weighted by Crippen LogP contribution is -2.35. The van der Waals surface area contributed by atoms with Crippen LogP contribution in [0.2, 0.25) is 0 Å². The van der Waals surface area contributed by atoms with Crippen molar-refractivity contribution in [2.45, 2.75) is 47.1 Å². The van der Waals surface area contributed by atoms with Gasteiger partial charge in [0.2, 0.25) is 5.91 Å². The molecule has 104 valence electrons. The normalized spacial score (nSPS) is 12.1. The first-order chi connectivity index (χ1) is 7.93. The third kappa shape index (κ3) is 17.8. The summed E-state index contributed by atoms with van der Waals surface area (Å²) in [5.74, 6) is -0.420. The SMILES string of the molecule is CC.CC.CC(=O)C(N)CS(=O)CCC(N)=O. The number of nitrogens with two attached hydrogens (primary N) is 2. The highest BCUT2D eigenvalue weighted by atomic mass is 32.2. The van der Waals surface area contributed by atoms with Crippen molar-refractivity contribution in [3.05, 3.63) is 0 Å². The van der Waals surface area contributed by atoms with Crippen molar-refractivity contribution in [1.82, 2.24) is 0 Å². The molecule has 0 saturated heterocycles. The minimum atomic E-state index is -1.24. The molecule has 0 aliphatic carbocycles. The lowest BCUT2D eigenvalue weighted by atomic mass is 10.3. The van der Waals surface area contributed by atoms with Gasteiger partial charge in [-0.3, -0.25) is 13.8 Å². The van der Waals surface area contributed by atoms with E-state index in [1.807, 2.05) is 27.7 Å². The second-order valence-electron chi connectivity index (χ2n) is 2.74. The van der Waals surface area contributed by atoms with Crippen molar-refractivity contribution in [3.63, 3.8) is 0 Å². The zero-order chi connectivity index (χ0) is 14.4. The molecule has 0 aromatic heterocycles. The summed E-state index contributed by atoms with van der Waals surface area (Å²) in [4.78, 5) is 21.0. The molecule has 17 heavy (non-hydrogen) atoms. The van der Waals surface area contributed by atoms with Crippen LogP contribution in [0.4, 0.5) is 0 Å². The average molecular weight is 266 g/mol. The molecule has 0 aromatic carbocycles. The summed E-state index contributed by atoms with van der Waals surface area (Å²) in [6.45, 7) is 9.34. The van der Waals surface area contributed by atoms with Crippen LogP contribution in [0.25, 0.3) is 0 Å². The first-order valence-electron chi connectivity index (χ1n) is 5.82. The highest BCUT2D eigenvalue weighted by molar-refractivity contribution is 7.85. The fourth-order valence-corrected chi connectivity index (χ4v) is 1.85. The number of hydrogen-bond donors (Lipinski definition) is 2. The second-order valence-corrected chi connectivity index (χ2v) is 4.37. The molecule has 0 aliphatic rings.